The molecule has 4 unspecified atom stereocenters. The molecule has 1 heterocycles. The van der Waals surface area contributed by atoms with Crippen LogP contribution in [0.5, 0.6) is 0 Å². The van der Waals surface area contributed by atoms with Crippen molar-refractivity contribution in [3.05, 3.63) is 179 Å². The molecule has 0 saturated carbocycles. The summed E-state index contributed by atoms with van der Waals surface area (Å²) in [5, 5.41) is 1.33. The van der Waals surface area contributed by atoms with Crippen LogP contribution in [-0.4, -0.2) is 10.6 Å². The Bertz CT molecular complexity index is 2190. The first-order valence-electron chi connectivity index (χ1n) is 17.6. The molecule has 0 radical (unpaired) electrons. The van der Waals surface area contributed by atoms with Crippen molar-refractivity contribution in [3.63, 3.8) is 0 Å². The van der Waals surface area contributed by atoms with Crippen molar-refractivity contribution >= 4 is 28.4 Å². The minimum Gasteiger partial charge on any atom is -0.334 e. The predicted molar refractivity (Wildman–Crippen MR) is 202 cm³/mol. The van der Waals surface area contributed by atoms with E-state index in [0.29, 0.717) is 17.8 Å². The Hall–Kier alpha value is -5.08. The molecule has 4 aromatic carbocycles. The average molecular weight is 623 g/mol. The van der Waals surface area contributed by atoms with Crippen LogP contribution in [0.2, 0.25) is 0 Å². The zero-order valence-electron chi connectivity index (χ0n) is 28.1. The second kappa shape index (κ2) is 11.3. The molecule has 9 rings (SSSR count). The molecule has 0 amide bonds. The highest BCUT2D eigenvalue weighted by molar-refractivity contribution is 5.94. The van der Waals surface area contributed by atoms with Crippen LogP contribution in [0, 0.1) is 11.8 Å². The molecule has 236 valence electrons. The Morgan fingerprint density at radius 3 is 2.31 bits per heavy atom. The van der Waals surface area contributed by atoms with Crippen molar-refractivity contribution in [1.82, 2.24) is 4.57 Å². The summed E-state index contributed by atoms with van der Waals surface area (Å²) < 4.78 is 2.48. The molecular formula is C46H42N2. The summed E-state index contributed by atoms with van der Waals surface area (Å²) in [5.74, 6) is 1.39. The van der Waals surface area contributed by atoms with E-state index in [1.807, 2.05) is 0 Å². The topological polar surface area (TPSA) is 8.17 Å². The van der Waals surface area contributed by atoms with Gasteiger partial charge in [0.25, 0.3) is 0 Å². The number of allylic oxidation sites excluding steroid dienone is 7. The summed E-state index contributed by atoms with van der Waals surface area (Å²) in [6.45, 7) is 7.24. The number of anilines is 2. The van der Waals surface area contributed by atoms with Crippen LogP contribution in [0.25, 0.3) is 22.7 Å². The van der Waals surface area contributed by atoms with Gasteiger partial charge in [-0.1, -0.05) is 124 Å². The fraction of sp³-hybridized carbons (Fsp3) is 0.217. The molecule has 0 bridgehead atoms. The average Bonchev–Trinajstić information content (AvgIpc) is 3.57. The van der Waals surface area contributed by atoms with Crippen molar-refractivity contribution < 1.29 is 0 Å². The number of para-hydroxylation sites is 3. The summed E-state index contributed by atoms with van der Waals surface area (Å²) >= 11 is 0. The lowest BCUT2D eigenvalue weighted by Crippen LogP contribution is -2.31. The summed E-state index contributed by atoms with van der Waals surface area (Å²) in [6, 6.07) is 38.2. The molecule has 4 aliphatic carbocycles. The van der Waals surface area contributed by atoms with Gasteiger partial charge in [-0.15, -0.1) is 0 Å². The smallest absolute Gasteiger partial charge is 0.0560 e. The van der Waals surface area contributed by atoms with Gasteiger partial charge in [0.15, 0.2) is 0 Å². The molecule has 5 aromatic rings. The monoisotopic (exact) mass is 622 g/mol. The summed E-state index contributed by atoms with van der Waals surface area (Å²) in [5.41, 5.74) is 13.7. The van der Waals surface area contributed by atoms with Crippen molar-refractivity contribution in [2.24, 2.45) is 11.8 Å². The first kappa shape index (κ1) is 29.1. The Kier molecular flexibility index (Phi) is 6.83. The molecule has 0 fully saturated rings. The van der Waals surface area contributed by atoms with Gasteiger partial charge >= 0.3 is 0 Å². The highest BCUT2D eigenvalue weighted by Crippen LogP contribution is 2.54. The van der Waals surface area contributed by atoms with Crippen LogP contribution < -0.4 is 4.90 Å². The highest BCUT2D eigenvalue weighted by Gasteiger charge is 2.44. The lowest BCUT2D eigenvalue weighted by molar-refractivity contribution is 0.394. The van der Waals surface area contributed by atoms with E-state index in [2.05, 4.69) is 182 Å². The zero-order valence-corrected chi connectivity index (χ0v) is 28.1. The van der Waals surface area contributed by atoms with Gasteiger partial charge in [0.05, 0.1) is 11.6 Å². The van der Waals surface area contributed by atoms with E-state index in [1.54, 1.807) is 0 Å². The maximum atomic E-state index is 2.55. The first-order valence-corrected chi connectivity index (χ1v) is 17.6. The Labute approximate surface area is 284 Å². The number of benzene rings is 4. The maximum Gasteiger partial charge on any atom is 0.0560 e. The van der Waals surface area contributed by atoms with E-state index >= 15 is 0 Å². The van der Waals surface area contributed by atoms with Crippen molar-refractivity contribution in [2.45, 2.75) is 51.0 Å². The number of fused-ring (bicyclic) bond motifs is 6. The van der Waals surface area contributed by atoms with Crippen molar-refractivity contribution in [2.75, 3.05) is 4.90 Å². The molecule has 0 saturated heterocycles. The van der Waals surface area contributed by atoms with Crippen molar-refractivity contribution in [1.29, 1.82) is 0 Å². The van der Waals surface area contributed by atoms with Gasteiger partial charge in [-0.3, -0.25) is 0 Å². The summed E-state index contributed by atoms with van der Waals surface area (Å²) in [4.78, 5) is 2.55. The van der Waals surface area contributed by atoms with Crippen LogP contribution in [-0.2, 0) is 11.8 Å². The Balaban J connectivity index is 1.07. The molecular weight excluding hydrogens is 581 g/mol. The SMILES string of the molecule is CC1Cc2c(c3ccccc3n2-c2ccccc2)C=C1C1=CCC(N(c2ccccc2)c2ccc3c(c2)C(C)(C)C2C=CC=CC32)C=C1. The number of rotatable bonds is 5. The Morgan fingerprint density at radius 2 is 1.52 bits per heavy atom. The third-order valence-corrected chi connectivity index (χ3v) is 11.5. The second-order valence-corrected chi connectivity index (χ2v) is 14.6. The standard InChI is InChI=1S/C46H42N2/c1-31-28-45-41(39-19-11-13-21-44(39)48(45)34-16-8-5-9-17-34)30-40(31)32-22-24-35(25-23-32)47(33-14-6-4-7-15-33)36-26-27-38-37-18-10-12-20-42(37)46(2,3)43(38)29-36/h4-24,26-27,29-31,35,37,42H,25,28H2,1-3H3. The molecule has 0 N–H and O–H groups in total. The molecule has 0 spiro atoms. The van der Waals surface area contributed by atoms with Gasteiger partial charge in [0, 0.05) is 39.6 Å². The fourth-order valence-corrected chi connectivity index (χ4v) is 9.07. The van der Waals surface area contributed by atoms with E-state index in [-0.39, 0.29) is 11.5 Å². The van der Waals surface area contributed by atoms with Crippen LogP contribution in [0.15, 0.2) is 157 Å². The van der Waals surface area contributed by atoms with E-state index in [9.17, 15) is 0 Å². The quantitative estimate of drug-likeness (QED) is 0.189. The summed E-state index contributed by atoms with van der Waals surface area (Å²) in [6.07, 6.45) is 21.1. The molecule has 48 heavy (non-hydrogen) atoms. The van der Waals surface area contributed by atoms with Crippen molar-refractivity contribution in [3.8, 4) is 5.69 Å². The first-order chi connectivity index (χ1) is 23.5. The zero-order chi connectivity index (χ0) is 32.4. The van der Waals surface area contributed by atoms with E-state index in [1.165, 1.54) is 61.5 Å². The minimum absolute atomic E-state index is 0.0845. The van der Waals surface area contributed by atoms with Gasteiger partial charge in [-0.2, -0.15) is 0 Å². The van der Waals surface area contributed by atoms with Crippen LogP contribution in [0.4, 0.5) is 11.4 Å². The van der Waals surface area contributed by atoms with Gasteiger partial charge < -0.3 is 9.47 Å². The van der Waals surface area contributed by atoms with Gasteiger partial charge in [-0.05, 0) is 101 Å². The molecule has 2 heteroatoms. The van der Waals surface area contributed by atoms with E-state index < -0.39 is 0 Å². The van der Waals surface area contributed by atoms with E-state index in [0.717, 1.165) is 12.8 Å². The lowest BCUT2D eigenvalue weighted by Gasteiger charge is -2.35. The van der Waals surface area contributed by atoms with Gasteiger partial charge in [-0.25, -0.2) is 0 Å². The predicted octanol–water partition coefficient (Wildman–Crippen LogP) is 11.4. The second-order valence-electron chi connectivity index (χ2n) is 14.6. The third-order valence-electron chi connectivity index (χ3n) is 11.5. The van der Waals surface area contributed by atoms with Gasteiger partial charge in [0.2, 0.25) is 0 Å². The van der Waals surface area contributed by atoms with Crippen LogP contribution >= 0.6 is 0 Å². The lowest BCUT2D eigenvalue weighted by atomic mass is 9.74. The molecule has 4 aliphatic rings. The molecule has 2 nitrogen and oxygen atoms in total. The van der Waals surface area contributed by atoms with Crippen LogP contribution in [0.1, 0.15) is 55.5 Å². The minimum atomic E-state index is 0.0845. The highest BCUT2D eigenvalue weighted by atomic mass is 15.2. The molecule has 1 aromatic heterocycles. The number of nitrogens with zero attached hydrogens (tertiary/aromatic N) is 2. The normalized spacial score (nSPS) is 23.3. The summed E-state index contributed by atoms with van der Waals surface area (Å²) in [7, 11) is 0. The number of aromatic nitrogens is 1. The van der Waals surface area contributed by atoms with E-state index in [4.69, 9.17) is 0 Å². The Morgan fingerprint density at radius 1 is 0.771 bits per heavy atom. The van der Waals surface area contributed by atoms with Crippen LogP contribution in [0.3, 0.4) is 0 Å². The number of hydrogen-bond donors (Lipinski definition) is 0. The largest absolute Gasteiger partial charge is 0.334 e. The molecule has 4 atom stereocenters. The van der Waals surface area contributed by atoms with Gasteiger partial charge in [0.1, 0.15) is 0 Å². The molecule has 0 aliphatic heterocycles. The maximum absolute atomic E-state index is 2.55. The number of hydrogen-bond acceptors (Lipinski definition) is 1. The fourth-order valence-electron chi connectivity index (χ4n) is 9.07. The third kappa shape index (κ3) is 4.53.